The van der Waals surface area contributed by atoms with Gasteiger partial charge >= 0.3 is 0 Å². The normalized spacial score (nSPS) is 12.0. The van der Waals surface area contributed by atoms with Crippen LogP contribution in [0.15, 0.2) is 65.3 Å². The Balaban J connectivity index is 1.76. The number of benzene rings is 2. The minimum Gasteiger partial charge on any atom is -0.496 e. The highest BCUT2D eigenvalue weighted by atomic mass is 35.5. The monoisotopic (exact) mass is 407 g/mol. The second-order valence-corrected chi connectivity index (χ2v) is 6.92. The van der Waals surface area contributed by atoms with Gasteiger partial charge in [0.25, 0.3) is 11.6 Å². The molecule has 0 aliphatic heterocycles. The Bertz CT molecular complexity index is 1190. The molecule has 0 unspecified atom stereocenters. The zero-order chi connectivity index (χ0) is 20.4. The van der Waals surface area contributed by atoms with Crippen molar-refractivity contribution in [2.45, 2.75) is 13.0 Å². The van der Waals surface area contributed by atoms with Crippen molar-refractivity contribution in [3.63, 3.8) is 0 Å². The number of nitrogens with zero attached hydrogens (tertiary/aromatic N) is 2. The predicted octanol–water partition coefficient (Wildman–Crippen LogP) is 4.71. The number of carbonyl (C=O) groups is 1. The first kappa shape index (κ1) is 19.0. The van der Waals surface area contributed by atoms with Gasteiger partial charge in [0.15, 0.2) is 0 Å². The topological polar surface area (TPSA) is 77.2 Å². The molecule has 0 saturated carbocycles. The number of methoxy groups -OCH3 is 1. The van der Waals surface area contributed by atoms with Gasteiger partial charge in [0.05, 0.1) is 29.8 Å². The van der Waals surface area contributed by atoms with E-state index in [1.54, 1.807) is 26.2 Å². The van der Waals surface area contributed by atoms with Crippen molar-refractivity contribution >= 4 is 28.6 Å². The number of hydrogen-bond donors (Lipinski definition) is 1. The van der Waals surface area contributed by atoms with E-state index in [0.29, 0.717) is 33.1 Å². The summed E-state index contributed by atoms with van der Waals surface area (Å²) < 4.78 is 10.6. The maximum Gasteiger partial charge on any atom is 0.257 e. The molecule has 6 nitrogen and oxygen atoms in total. The number of rotatable bonds is 5. The number of fused-ring (bicyclic) bond motifs is 1. The van der Waals surface area contributed by atoms with Crippen molar-refractivity contribution in [1.29, 1.82) is 0 Å². The van der Waals surface area contributed by atoms with Crippen molar-refractivity contribution < 1.29 is 14.1 Å². The number of aryl methyl sites for hydroxylation is 1. The Hall–Kier alpha value is -3.38. The first-order chi connectivity index (χ1) is 14.1. The van der Waals surface area contributed by atoms with E-state index in [2.05, 4.69) is 15.5 Å². The molecule has 7 heteroatoms. The van der Waals surface area contributed by atoms with E-state index in [9.17, 15) is 4.79 Å². The Morgan fingerprint density at radius 3 is 2.62 bits per heavy atom. The minimum absolute atomic E-state index is 0.296. The molecule has 2 aromatic heterocycles. The summed E-state index contributed by atoms with van der Waals surface area (Å²) in [6, 6.07) is 16.1. The van der Waals surface area contributed by atoms with Crippen LogP contribution in [0.3, 0.4) is 0 Å². The molecule has 29 heavy (non-hydrogen) atoms. The van der Waals surface area contributed by atoms with Crippen LogP contribution in [0.25, 0.3) is 11.1 Å². The summed E-state index contributed by atoms with van der Waals surface area (Å²) in [5.41, 5.74) is 3.03. The van der Waals surface area contributed by atoms with Gasteiger partial charge in [-0.1, -0.05) is 53.2 Å². The minimum atomic E-state index is -0.508. The van der Waals surface area contributed by atoms with Crippen molar-refractivity contribution in [3.05, 3.63) is 88.2 Å². The Morgan fingerprint density at radius 2 is 1.86 bits per heavy atom. The number of halogens is 1. The zero-order valence-corrected chi connectivity index (χ0v) is 16.6. The van der Waals surface area contributed by atoms with E-state index in [4.69, 9.17) is 20.9 Å². The summed E-state index contributed by atoms with van der Waals surface area (Å²) in [6.45, 7) is 1.80. The van der Waals surface area contributed by atoms with Gasteiger partial charge in [-0.2, -0.15) is 0 Å². The number of ether oxygens (including phenoxy) is 1. The highest BCUT2D eigenvalue weighted by Crippen LogP contribution is 2.33. The van der Waals surface area contributed by atoms with Gasteiger partial charge in [0, 0.05) is 16.8 Å². The maximum atomic E-state index is 13.1. The molecule has 146 valence electrons. The molecule has 0 saturated heterocycles. The molecule has 1 atom stereocenters. The number of amides is 1. The van der Waals surface area contributed by atoms with Crippen molar-refractivity contribution in [3.8, 4) is 5.75 Å². The fourth-order valence-corrected chi connectivity index (χ4v) is 3.47. The molecule has 0 aliphatic rings. The predicted molar refractivity (Wildman–Crippen MR) is 110 cm³/mol. The maximum absolute atomic E-state index is 13.1. The molecule has 2 heterocycles. The van der Waals surface area contributed by atoms with Gasteiger partial charge in [0.1, 0.15) is 5.75 Å². The van der Waals surface area contributed by atoms with Gasteiger partial charge in [-0.25, -0.2) is 4.98 Å². The van der Waals surface area contributed by atoms with E-state index in [1.807, 2.05) is 42.5 Å². The first-order valence-electron chi connectivity index (χ1n) is 8.98. The number of pyridine rings is 1. The average Bonchev–Trinajstić information content (AvgIpc) is 3.12. The van der Waals surface area contributed by atoms with Crippen LogP contribution in [0.1, 0.15) is 33.2 Å². The van der Waals surface area contributed by atoms with Gasteiger partial charge < -0.3 is 14.6 Å². The lowest BCUT2D eigenvalue weighted by Gasteiger charge is -2.23. The molecule has 1 amide bonds. The van der Waals surface area contributed by atoms with E-state index < -0.39 is 6.04 Å². The molecular formula is C22H18ClN3O3. The van der Waals surface area contributed by atoms with Gasteiger partial charge in [-0.15, -0.1) is 0 Å². The van der Waals surface area contributed by atoms with Crippen LogP contribution in [0, 0.1) is 6.92 Å². The molecular weight excluding hydrogens is 390 g/mol. The smallest absolute Gasteiger partial charge is 0.257 e. The van der Waals surface area contributed by atoms with Crippen LogP contribution < -0.4 is 10.1 Å². The van der Waals surface area contributed by atoms with Crippen molar-refractivity contribution in [1.82, 2.24) is 15.5 Å². The SMILES string of the molecule is COc1ccccc1[C@@H](NC(=O)c1cnc2onc(C)c2c1)c1ccccc1Cl. The number of nitrogens with one attached hydrogen (secondary N) is 1. The number of carbonyl (C=O) groups excluding carboxylic acids is 1. The van der Waals surface area contributed by atoms with Crippen LogP contribution in [0.5, 0.6) is 5.75 Å². The Morgan fingerprint density at radius 1 is 1.14 bits per heavy atom. The largest absolute Gasteiger partial charge is 0.496 e. The van der Waals surface area contributed by atoms with E-state index in [0.717, 1.165) is 11.1 Å². The van der Waals surface area contributed by atoms with Crippen LogP contribution in [-0.4, -0.2) is 23.2 Å². The standard InChI is InChI=1S/C22H18ClN3O3/c1-13-17-11-14(12-24-22(17)29-26-13)21(27)25-20(15-7-3-5-9-18(15)23)16-8-4-6-10-19(16)28-2/h3-12,20H,1-2H3,(H,25,27)/t20-/m0/s1. The summed E-state index contributed by atoms with van der Waals surface area (Å²) in [5, 5.41) is 8.19. The number of hydrogen-bond acceptors (Lipinski definition) is 5. The third-order valence-electron chi connectivity index (χ3n) is 4.71. The van der Waals surface area contributed by atoms with Gasteiger partial charge in [0.2, 0.25) is 0 Å². The average molecular weight is 408 g/mol. The molecule has 0 bridgehead atoms. The van der Waals surface area contributed by atoms with Crippen LogP contribution >= 0.6 is 11.6 Å². The summed E-state index contributed by atoms with van der Waals surface area (Å²) in [4.78, 5) is 17.3. The molecule has 4 rings (SSSR count). The number of aromatic nitrogens is 2. The lowest BCUT2D eigenvalue weighted by atomic mass is 9.97. The molecule has 0 fully saturated rings. The second-order valence-electron chi connectivity index (χ2n) is 6.51. The summed E-state index contributed by atoms with van der Waals surface area (Å²) in [5.74, 6) is 0.358. The summed E-state index contributed by atoms with van der Waals surface area (Å²) in [7, 11) is 1.59. The molecule has 0 aliphatic carbocycles. The first-order valence-corrected chi connectivity index (χ1v) is 9.36. The molecule has 2 aromatic carbocycles. The molecule has 1 N–H and O–H groups in total. The Labute approximate surface area is 172 Å². The van der Waals surface area contributed by atoms with E-state index >= 15 is 0 Å². The van der Waals surface area contributed by atoms with Crippen LogP contribution in [0.4, 0.5) is 0 Å². The number of para-hydroxylation sites is 1. The molecule has 4 aromatic rings. The van der Waals surface area contributed by atoms with Gasteiger partial charge in [-0.05, 0) is 30.7 Å². The third kappa shape index (κ3) is 3.67. The molecule has 0 radical (unpaired) electrons. The fraction of sp³-hybridized carbons (Fsp3) is 0.136. The summed E-state index contributed by atoms with van der Waals surface area (Å²) in [6.07, 6.45) is 1.47. The third-order valence-corrected chi connectivity index (χ3v) is 5.06. The highest BCUT2D eigenvalue weighted by molar-refractivity contribution is 6.31. The van der Waals surface area contributed by atoms with Crippen LogP contribution in [-0.2, 0) is 0 Å². The highest BCUT2D eigenvalue weighted by Gasteiger charge is 2.23. The second kappa shape index (κ2) is 7.93. The lowest BCUT2D eigenvalue weighted by Crippen LogP contribution is -2.30. The Kier molecular flexibility index (Phi) is 5.18. The van der Waals surface area contributed by atoms with E-state index in [-0.39, 0.29) is 5.91 Å². The zero-order valence-electron chi connectivity index (χ0n) is 15.8. The quantitative estimate of drug-likeness (QED) is 0.518. The van der Waals surface area contributed by atoms with E-state index in [1.165, 1.54) is 6.20 Å². The van der Waals surface area contributed by atoms with Crippen molar-refractivity contribution in [2.24, 2.45) is 0 Å². The van der Waals surface area contributed by atoms with Crippen LogP contribution in [0.2, 0.25) is 5.02 Å². The fourth-order valence-electron chi connectivity index (χ4n) is 3.22. The summed E-state index contributed by atoms with van der Waals surface area (Å²) >= 11 is 6.45. The van der Waals surface area contributed by atoms with Crippen molar-refractivity contribution in [2.75, 3.05) is 7.11 Å². The molecule has 0 spiro atoms. The lowest BCUT2D eigenvalue weighted by molar-refractivity contribution is 0.0942. The van der Waals surface area contributed by atoms with Gasteiger partial charge in [-0.3, -0.25) is 4.79 Å².